The molecule has 0 unspecified atom stereocenters. The first kappa shape index (κ1) is 18.4. The Hall–Kier alpha value is -1.97. The Balaban J connectivity index is 2.06. The van der Waals surface area contributed by atoms with Crippen LogP contribution in [0, 0.1) is 0 Å². The number of pyridine rings is 1. The predicted octanol–water partition coefficient (Wildman–Crippen LogP) is 1.34. The van der Waals surface area contributed by atoms with Gasteiger partial charge in [-0.05, 0) is 12.1 Å². The molecule has 0 spiro atoms. The average Bonchev–Trinajstić information content (AvgIpc) is 3.01. The third kappa shape index (κ3) is 4.53. The van der Waals surface area contributed by atoms with Crippen LogP contribution in [0.2, 0.25) is 0 Å². The van der Waals surface area contributed by atoms with Gasteiger partial charge in [-0.1, -0.05) is 0 Å². The Labute approximate surface area is 141 Å². The van der Waals surface area contributed by atoms with Gasteiger partial charge in [-0.3, -0.25) is 9.59 Å². The Morgan fingerprint density at radius 2 is 2.12 bits per heavy atom. The van der Waals surface area contributed by atoms with E-state index in [2.05, 4.69) is 4.98 Å². The zero-order valence-electron chi connectivity index (χ0n) is 13.1. The smallest absolute Gasteiger partial charge is 0.363 e. The Morgan fingerprint density at radius 3 is 2.67 bits per heavy atom. The van der Waals surface area contributed by atoms with E-state index >= 15 is 0 Å². The van der Waals surface area contributed by atoms with Gasteiger partial charge in [0, 0.05) is 26.0 Å². The number of rotatable bonds is 4. The van der Waals surface area contributed by atoms with E-state index in [0.717, 1.165) is 0 Å². The number of anilines is 1. The molecule has 1 fully saturated rings. The van der Waals surface area contributed by atoms with Gasteiger partial charge >= 0.3 is 6.18 Å². The van der Waals surface area contributed by atoms with E-state index < -0.39 is 30.6 Å². The monoisotopic (exact) mass is 362 g/mol. The highest BCUT2D eigenvalue weighted by atomic mass is 32.2. The highest BCUT2D eigenvalue weighted by molar-refractivity contribution is 7.99. The third-order valence-corrected chi connectivity index (χ3v) is 4.37. The van der Waals surface area contributed by atoms with Crippen molar-refractivity contribution in [2.45, 2.75) is 12.2 Å². The maximum absolute atomic E-state index is 12.5. The zero-order valence-corrected chi connectivity index (χ0v) is 13.9. The van der Waals surface area contributed by atoms with E-state index in [-0.39, 0.29) is 17.2 Å². The lowest BCUT2D eigenvalue weighted by molar-refractivity contribution is -0.140. The minimum atomic E-state index is -4.48. The van der Waals surface area contributed by atoms with Crippen LogP contribution in [0.15, 0.2) is 18.3 Å². The van der Waals surface area contributed by atoms with Crippen LogP contribution in [0.5, 0.6) is 0 Å². The maximum atomic E-state index is 12.5. The summed E-state index contributed by atoms with van der Waals surface area (Å²) in [5, 5.41) is 1.83. The molecule has 6 nitrogen and oxygen atoms in total. The second-order valence-corrected chi connectivity index (χ2v) is 6.42. The molecule has 1 aliphatic rings. The number of halogens is 3. The van der Waals surface area contributed by atoms with Crippen molar-refractivity contribution in [2.24, 2.45) is 0 Å². The topological polar surface area (TPSA) is 65.5 Å². The summed E-state index contributed by atoms with van der Waals surface area (Å²) in [6.07, 6.45) is -3.09. The summed E-state index contributed by atoms with van der Waals surface area (Å²) in [4.78, 5) is 31.6. The van der Waals surface area contributed by atoms with Gasteiger partial charge in [0.25, 0.3) is 5.91 Å². The van der Waals surface area contributed by atoms with Crippen molar-refractivity contribution in [3.05, 3.63) is 23.9 Å². The zero-order chi connectivity index (χ0) is 17.9. The normalized spacial score (nSPS) is 17.7. The summed E-state index contributed by atoms with van der Waals surface area (Å²) < 4.78 is 36.6. The van der Waals surface area contributed by atoms with Crippen LogP contribution in [0.1, 0.15) is 10.4 Å². The van der Waals surface area contributed by atoms with Crippen molar-refractivity contribution in [1.29, 1.82) is 0 Å². The number of hydrogen-bond donors (Lipinski definition) is 1. The van der Waals surface area contributed by atoms with Crippen LogP contribution in [-0.2, 0) is 4.79 Å². The van der Waals surface area contributed by atoms with E-state index in [1.165, 1.54) is 22.9 Å². The van der Waals surface area contributed by atoms with Crippen LogP contribution >= 0.6 is 11.8 Å². The highest BCUT2D eigenvalue weighted by Crippen LogP contribution is 2.24. The number of hydrogen-bond acceptors (Lipinski definition) is 5. The summed E-state index contributed by atoms with van der Waals surface area (Å²) >= 11 is 1.32. The molecule has 1 aliphatic heterocycles. The van der Waals surface area contributed by atoms with E-state index in [4.69, 9.17) is 0 Å². The molecule has 0 saturated carbocycles. The number of aromatic nitrogens is 1. The molecule has 1 saturated heterocycles. The van der Waals surface area contributed by atoms with Crippen LogP contribution in [0.4, 0.5) is 19.0 Å². The lowest BCUT2D eigenvalue weighted by atomic mass is 10.2. The van der Waals surface area contributed by atoms with Crippen LogP contribution < -0.4 is 10.2 Å². The Morgan fingerprint density at radius 1 is 1.42 bits per heavy atom. The average molecular weight is 362 g/mol. The van der Waals surface area contributed by atoms with Crippen LogP contribution in [0.25, 0.3) is 0 Å². The first-order valence-corrected chi connectivity index (χ1v) is 8.21. The van der Waals surface area contributed by atoms with Crippen LogP contribution in [-0.4, -0.2) is 66.2 Å². The summed E-state index contributed by atoms with van der Waals surface area (Å²) in [6.45, 7) is -1.41. The first-order valence-electron chi connectivity index (χ1n) is 7.05. The fourth-order valence-corrected chi connectivity index (χ4v) is 3.26. The maximum Gasteiger partial charge on any atom is 0.405 e. The largest absolute Gasteiger partial charge is 0.405 e. The number of amides is 2. The molecule has 1 atom stereocenters. The summed E-state index contributed by atoms with van der Waals surface area (Å²) in [6, 6.07) is 2.33. The molecule has 0 aromatic carbocycles. The molecule has 2 amide bonds. The Bertz CT molecular complexity index is 607. The first-order chi connectivity index (χ1) is 11.2. The molecule has 132 valence electrons. The molecule has 2 rings (SSSR count). The number of carbonyl (C=O) groups excluding carboxylic acids is 2. The van der Waals surface area contributed by atoms with Crippen LogP contribution in [0.3, 0.4) is 0 Å². The van der Waals surface area contributed by atoms with Gasteiger partial charge in [0.1, 0.15) is 18.4 Å². The molecule has 0 aliphatic carbocycles. The molecule has 2 heterocycles. The molecule has 1 aromatic heterocycles. The molecule has 24 heavy (non-hydrogen) atoms. The number of carbonyl (C=O) groups is 2. The second-order valence-electron chi connectivity index (χ2n) is 5.42. The molecular weight excluding hydrogens is 345 g/mol. The summed E-state index contributed by atoms with van der Waals surface area (Å²) in [5.74, 6) is -0.0490. The van der Waals surface area contributed by atoms with Crippen molar-refractivity contribution in [1.82, 2.24) is 15.2 Å². The van der Waals surface area contributed by atoms with E-state index in [1.807, 2.05) is 19.4 Å². The predicted molar refractivity (Wildman–Crippen MR) is 84.9 cm³/mol. The second kappa shape index (κ2) is 7.29. The molecule has 1 aromatic rings. The van der Waals surface area contributed by atoms with Gasteiger partial charge in [-0.2, -0.15) is 13.2 Å². The van der Waals surface area contributed by atoms with Gasteiger partial charge < -0.3 is 15.1 Å². The molecule has 0 radical (unpaired) electrons. The van der Waals surface area contributed by atoms with Crippen molar-refractivity contribution in [3.63, 3.8) is 0 Å². The highest BCUT2D eigenvalue weighted by Gasteiger charge is 2.37. The van der Waals surface area contributed by atoms with Crippen molar-refractivity contribution in [3.8, 4) is 0 Å². The van der Waals surface area contributed by atoms with Gasteiger partial charge in [-0.25, -0.2) is 4.98 Å². The SMILES string of the molecule is CN(C)c1ccc(C(=O)N2CSC[C@@H]2C(=O)NCC(F)(F)F)cn1. The quantitative estimate of drug-likeness (QED) is 0.876. The molecule has 0 bridgehead atoms. The third-order valence-electron chi connectivity index (χ3n) is 3.36. The summed E-state index contributed by atoms with van der Waals surface area (Å²) in [7, 11) is 3.61. The van der Waals surface area contributed by atoms with Crippen molar-refractivity contribution in [2.75, 3.05) is 37.2 Å². The van der Waals surface area contributed by atoms with E-state index in [0.29, 0.717) is 5.82 Å². The van der Waals surface area contributed by atoms with Gasteiger partial charge in [0.05, 0.1) is 11.4 Å². The number of nitrogens with one attached hydrogen (secondary N) is 1. The van der Waals surface area contributed by atoms with Gasteiger partial charge in [0.2, 0.25) is 5.91 Å². The molecule has 1 N–H and O–H groups in total. The van der Waals surface area contributed by atoms with E-state index in [9.17, 15) is 22.8 Å². The lowest BCUT2D eigenvalue weighted by Gasteiger charge is -2.23. The van der Waals surface area contributed by atoms with E-state index in [1.54, 1.807) is 17.0 Å². The minimum absolute atomic E-state index is 0.248. The number of nitrogens with zero attached hydrogens (tertiary/aromatic N) is 3. The fourth-order valence-electron chi connectivity index (χ4n) is 2.11. The summed E-state index contributed by atoms with van der Waals surface area (Å²) in [5.41, 5.74) is 0.289. The van der Waals surface area contributed by atoms with Gasteiger partial charge in [0.15, 0.2) is 0 Å². The van der Waals surface area contributed by atoms with Crippen molar-refractivity contribution >= 4 is 29.4 Å². The molecule has 10 heteroatoms. The minimum Gasteiger partial charge on any atom is -0.363 e. The lowest BCUT2D eigenvalue weighted by Crippen LogP contribution is -2.49. The van der Waals surface area contributed by atoms with Gasteiger partial charge in [-0.15, -0.1) is 11.8 Å². The number of thioether (sulfide) groups is 1. The molecular formula is C14H17F3N4O2S. The van der Waals surface area contributed by atoms with Crippen molar-refractivity contribution < 1.29 is 22.8 Å². The fraction of sp³-hybridized carbons (Fsp3) is 0.500. The Kier molecular flexibility index (Phi) is 5.58. The standard InChI is InChI=1S/C14H17F3N4O2S/c1-20(2)11-4-3-9(5-18-11)13(23)21-8-24-6-10(21)12(22)19-7-14(15,16)17/h3-5,10H,6-8H2,1-2H3,(H,19,22)/t10-/m1/s1. The number of alkyl halides is 3.